The molecule has 22 heavy (non-hydrogen) atoms. The van der Waals surface area contributed by atoms with E-state index in [1.807, 2.05) is 0 Å². The van der Waals surface area contributed by atoms with Gasteiger partial charge in [-0.05, 0) is 44.0 Å². The summed E-state index contributed by atoms with van der Waals surface area (Å²) in [7, 11) is 4.29. The van der Waals surface area contributed by atoms with E-state index in [1.54, 1.807) is 0 Å². The molecule has 2 aromatic rings. The van der Waals surface area contributed by atoms with Crippen molar-refractivity contribution < 1.29 is 0 Å². The minimum atomic E-state index is 0.701. The van der Waals surface area contributed by atoms with Gasteiger partial charge in [0.05, 0.1) is 5.69 Å². The first-order valence-electron chi connectivity index (χ1n) is 8.32. The van der Waals surface area contributed by atoms with Gasteiger partial charge in [0.2, 0.25) is 0 Å². The lowest BCUT2D eigenvalue weighted by Crippen LogP contribution is -2.50. The number of piperazine rings is 1. The fourth-order valence-electron chi connectivity index (χ4n) is 3.79. The Morgan fingerprint density at radius 2 is 1.95 bits per heavy atom. The number of hydrogen-bond donors (Lipinski definition) is 0. The number of fused-ring (bicyclic) bond motifs is 1. The first-order chi connectivity index (χ1) is 10.7. The minimum absolute atomic E-state index is 0.701. The van der Waals surface area contributed by atoms with Crippen molar-refractivity contribution in [2.45, 2.75) is 25.3 Å². The molecular weight excluding hydrogens is 274 g/mol. The molecule has 2 aliphatic rings. The molecule has 2 aromatic heterocycles. The van der Waals surface area contributed by atoms with Crippen molar-refractivity contribution in [1.82, 2.24) is 24.1 Å². The molecule has 3 heterocycles. The molecule has 0 amide bonds. The molecule has 0 spiro atoms. The first-order valence-corrected chi connectivity index (χ1v) is 8.32. The summed E-state index contributed by atoms with van der Waals surface area (Å²) in [5, 5.41) is 4.81. The maximum Gasteiger partial charge on any atom is 0.133 e. The second-order valence-electron chi connectivity index (χ2n) is 6.76. The topological polar surface area (TPSA) is 29.2 Å². The van der Waals surface area contributed by atoms with Gasteiger partial charge in [-0.1, -0.05) is 0 Å². The molecule has 0 radical (unpaired) electrons. The van der Waals surface area contributed by atoms with Crippen molar-refractivity contribution in [3.63, 3.8) is 0 Å². The van der Waals surface area contributed by atoms with Gasteiger partial charge in [0, 0.05) is 51.7 Å². The number of nitrogens with zero attached hydrogens (tertiary/aromatic N) is 5. The fraction of sp³-hybridized carbons (Fsp3) is 0.588. The highest BCUT2D eigenvalue weighted by atomic mass is 15.3. The largest absolute Gasteiger partial charge is 0.336 e. The summed E-state index contributed by atoms with van der Waals surface area (Å²) in [6.07, 6.45) is 7.84. The lowest BCUT2D eigenvalue weighted by molar-refractivity contribution is 0.104. The molecule has 5 nitrogen and oxygen atoms in total. The lowest BCUT2D eigenvalue weighted by Gasteiger charge is -2.39. The predicted molar refractivity (Wildman–Crippen MR) is 87.4 cm³/mol. The Labute approximate surface area is 132 Å². The molecule has 4 rings (SSSR count). The van der Waals surface area contributed by atoms with E-state index in [0.717, 1.165) is 18.7 Å². The Kier molecular flexibility index (Phi) is 3.54. The summed E-state index contributed by atoms with van der Waals surface area (Å²) < 4.78 is 4.17. The molecule has 1 fully saturated rings. The van der Waals surface area contributed by atoms with E-state index >= 15 is 0 Å². The van der Waals surface area contributed by atoms with Crippen LogP contribution in [0, 0.1) is 0 Å². The second-order valence-corrected chi connectivity index (χ2v) is 6.76. The standard InChI is InChI=1S/C17H25N5/c1-19-8-10-21(11-9-19)15-5-6-16-14(12-15)13-22(18-16)17-4-3-7-20(17)2/h3-4,7,13,15H,5-6,8-12H2,1-2H3. The number of aryl methyl sites for hydroxylation is 2. The average molecular weight is 299 g/mol. The highest BCUT2D eigenvalue weighted by Crippen LogP contribution is 2.25. The second kappa shape index (κ2) is 5.56. The van der Waals surface area contributed by atoms with Gasteiger partial charge in [0.15, 0.2) is 0 Å². The van der Waals surface area contributed by atoms with E-state index in [4.69, 9.17) is 5.10 Å². The van der Waals surface area contributed by atoms with Gasteiger partial charge in [-0.15, -0.1) is 0 Å². The monoisotopic (exact) mass is 299 g/mol. The van der Waals surface area contributed by atoms with Crippen LogP contribution in [0.4, 0.5) is 0 Å². The Bertz CT molecular complexity index is 648. The zero-order chi connectivity index (χ0) is 15.1. The Morgan fingerprint density at radius 3 is 2.68 bits per heavy atom. The van der Waals surface area contributed by atoms with Gasteiger partial charge in [0.25, 0.3) is 0 Å². The van der Waals surface area contributed by atoms with Gasteiger partial charge in [0.1, 0.15) is 5.82 Å². The fourth-order valence-corrected chi connectivity index (χ4v) is 3.79. The Morgan fingerprint density at radius 1 is 1.14 bits per heavy atom. The Balaban J connectivity index is 1.52. The van der Waals surface area contributed by atoms with Gasteiger partial charge in [-0.3, -0.25) is 4.90 Å². The van der Waals surface area contributed by atoms with Crippen molar-refractivity contribution in [2.24, 2.45) is 7.05 Å². The summed E-state index contributed by atoms with van der Waals surface area (Å²) in [5.41, 5.74) is 2.74. The number of aromatic nitrogens is 3. The number of rotatable bonds is 2. The van der Waals surface area contributed by atoms with Gasteiger partial charge in [-0.25, -0.2) is 4.68 Å². The van der Waals surface area contributed by atoms with Gasteiger partial charge < -0.3 is 9.47 Å². The van der Waals surface area contributed by atoms with Crippen molar-refractivity contribution in [2.75, 3.05) is 33.2 Å². The van der Waals surface area contributed by atoms with E-state index in [2.05, 4.69) is 57.7 Å². The lowest BCUT2D eigenvalue weighted by atomic mass is 9.92. The van der Waals surface area contributed by atoms with Crippen LogP contribution in [0.3, 0.4) is 0 Å². The van der Waals surface area contributed by atoms with Crippen molar-refractivity contribution in [3.05, 3.63) is 35.8 Å². The maximum atomic E-state index is 4.81. The van der Waals surface area contributed by atoms with Gasteiger partial charge >= 0.3 is 0 Å². The predicted octanol–water partition coefficient (Wildman–Crippen LogP) is 1.32. The van der Waals surface area contributed by atoms with Crippen LogP contribution in [-0.2, 0) is 19.9 Å². The SMILES string of the molecule is CN1CCN(C2CCc3nn(-c4cccn4C)cc3C2)CC1. The zero-order valence-electron chi connectivity index (χ0n) is 13.6. The van der Waals surface area contributed by atoms with E-state index < -0.39 is 0 Å². The van der Waals surface area contributed by atoms with E-state index in [0.29, 0.717) is 6.04 Å². The van der Waals surface area contributed by atoms with Crippen LogP contribution in [0.1, 0.15) is 17.7 Å². The third-order valence-corrected chi connectivity index (χ3v) is 5.25. The molecule has 118 valence electrons. The molecule has 1 atom stereocenters. The molecule has 1 unspecified atom stereocenters. The number of hydrogen-bond acceptors (Lipinski definition) is 3. The summed E-state index contributed by atoms with van der Waals surface area (Å²) >= 11 is 0. The van der Waals surface area contributed by atoms with Crippen LogP contribution >= 0.6 is 0 Å². The quantitative estimate of drug-likeness (QED) is 0.837. The molecule has 1 saturated heterocycles. The molecule has 0 saturated carbocycles. The van der Waals surface area contributed by atoms with Gasteiger partial charge in [-0.2, -0.15) is 5.10 Å². The summed E-state index contributed by atoms with van der Waals surface area (Å²) in [5.74, 6) is 1.14. The number of likely N-dealkylation sites (N-methyl/N-ethyl adjacent to an activating group) is 1. The first kappa shape index (κ1) is 14.0. The maximum absolute atomic E-state index is 4.81. The van der Waals surface area contributed by atoms with Crippen LogP contribution in [0.25, 0.3) is 5.82 Å². The zero-order valence-corrected chi connectivity index (χ0v) is 13.6. The molecule has 0 aromatic carbocycles. The van der Waals surface area contributed by atoms with Crippen molar-refractivity contribution in [3.8, 4) is 5.82 Å². The van der Waals surface area contributed by atoms with Crippen LogP contribution < -0.4 is 0 Å². The minimum Gasteiger partial charge on any atom is -0.336 e. The van der Waals surface area contributed by atoms with Crippen molar-refractivity contribution in [1.29, 1.82) is 0 Å². The van der Waals surface area contributed by atoms with E-state index in [-0.39, 0.29) is 0 Å². The van der Waals surface area contributed by atoms with Crippen molar-refractivity contribution >= 4 is 0 Å². The summed E-state index contributed by atoms with van der Waals surface area (Å²) in [4.78, 5) is 5.11. The molecule has 0 N–H and O–H groups in total. The molecule has 1 aliphatic heterocycles. The highest BCUT2D eigenvalue weighted by molar-refractivity contribution is 5.30. The third kappa shape index (κ3) is 2.48. The van der Waals surface area contributed by atoms with E-state index in [1.165, 1.54) is 43.9 Å². The highest BCUT2D eigenvalue weighted by Gasteiger charge is 2.28. The van der Waals surface area contributed by atoms with Crippen LogP contribution in [0.15, 0.2) is 24.5 Å². The smallest absolute Gasteiger partial charge is 0.133 e. The summed E-state index contributed by atoms with van der Waals surface area (Å²) in [6, 6.07) is 4.90. The van der Waals surface area contributed by atoms with Crippen LogP contribution in [-0.4, -0.2) is 63.4 Å². The van der Waals surface area contributed by atoms with Crippen LogP contribution in [0.5, 0.6) is 0 Å². The summed E-state index contributed by atoms with van der Waals surface area (Å²) in [6.45, 7) is 4.82. The van der Waals surface area contributed by atoms with E-state index in [9.17, 15) is 0 Å². The average Bonchev–Trinajstić information content (AvgIpc) is 3.12. The molecule has 1 aliphatic carbocycles. The molecule has 5 heteroatoms. The normalized spacial score (nSPS) is 23.6. The van der Waals surface area contributed by atoms with Crippen LogP contribution in [0.2, 0.25) is 0 Å². The molecular formula is C17H25N5. The Hall–Kier alpha value is -1.59. The third-order valence-electron chi connectivity index (χ3n) is 5.25. The molecule has 0 bridgehead atoms.